The van der Waals surface area contributed by atoms with Gasteiger partial charge in [0.05, 0.1) is 6.20 Å². The van der Waals surface area contributed by atoms with E-state index in [4.69, 9.17) is 14.2 Å². The first-order chi connectivity index (χ1) is 11.2. The van der Waals surface area contributed by atoms with Gasteiger partial charge in [0, 0.05) is 18.3 Å². The molecule has 0 aliphatic carbocycles. The molecule has 0 radical (unpaired) electrons. The second-order valence-corrected chi connectivity index (χ2v) is 5.40. The molecule has 120 valence electrons. The number of aromatic nitrogens is 1. The first kappa shape index (κ1) is 15.4. The SMILES string of the molecule is CNC(C)C/C=C/c1cncc(Oc2ccc3c(c2)OCO3)c1. The van der Waals surface area contributed by atoms with Crippen LogP contribution in [0.25, 0.3) is 6.08 Å². The van der Waals surface area contributed by atoms with Crippen molar-refractivity contribution in [3.8, 4) is 23.0 Å². The largest absolute Gasteiger partial charge is 0.456 e. The van der Waals surface area contributed by atoms with Gasteiger partial charge in [-0.25, -0.2) is 0 Å². The van der Waals surface area contributed by atoms with Gasteiger partial charge in [-0.15, -0.1) is 0 Å². The van der Waals surface area contributed by atoms with E-state index in [-0.39, 0.29) is 6.79 Å². The number of pyridine rings is 1. The minimum Gasteiger partial charge on any atom is -0.456 e. The fourth-order valence-corrected chi connectivity index (χ4v) is 2.19. The number of hydrogen-bond acceptors (Lipinski definition) is 5. The quantitative estimate of drug-likeness (QED) is 0.883. The predicted octanol–water partition coefficient (Wildman–Crippen LogP) is 3.61. The van der Waals surface area contributed by atoms with E-state index in [9.17, 15) is 0 Å². The zero-order valence-corrected chi connectivity index (χ0v) is 13.3. The summed E-state index contributed by atoms with van der Waals surface area (Å²) in [5.74, 6) is 2.83. The molecule has 1 aromatic heterocycles. The summed E-state index contributed by atoms with van der Waals surface area (Å²) in [6, 6.07) is 7.92. The average molecular weight is 312 g/mol. The number of fused-ring (bicyclic) bond motifs is 1. The van der Waals surface area contributed by atoms with Gasteiger partial charge in [-0.2, -0.15) is 0 Å². The molecule has 0 spiro atoms. The molecule has 0 bridgehead atoms. The summed E-state index contributed by atoms with van der Waals surface area (Å²) in [4.78, 5) is 4.22. The minimum absolute atomic E-state index is 0.256. The topological polar surface area (TPSA) is 52.6 Å². The van der Waals surface area contributed by atoms with Gasteiger partial charge >= 0.3 is 0 Å². The van der Waals surface area contributed by atoms with E-state index in [0.29, 0.717) is 23.3 Å². The summed E-state index contributed by atoms with van der Waals surface area (Å²) in [6.45, 7) is 2.40. The molecule has 3 rings (SSSR count). The number of nitrogens with zero attached hydrogens (tertiary/aromatic N) is 1. The molecule has 1 N–H and O–H groups in total. The fourth-order valence-electron chi connectivity index (χ4n) is 2.19. The Morgan fingerprint density at radius 1 is 1.22 bits per heavy atom. The van der Waals surface area contributed by atoms with Crippen LogP contribution in [0.5, 0.6) is 23.0 Å². The molecule has 0 saturated heterocycles. The summed E-state index contributed by atoms with van der Waals surface area (Å²) in [5.41, 5.74) is 1.01. The lowest BCUT2D eigenvalue weighted by molar-refractivity contribution is 0.174. The van der Waals surface area contributed by atoms with E-state index in [1.54, 1.807) is 6.20 Å². The zero-order chi connectivity index (χ0) is 16.1. The minimum atomic E-state index is 0.256. The van der Waals surface area contributed by atoms with Crippen LogP contribution in [0.4, 0.5) is 0 Å². The lowest BCUT2D eigenvalue weighted by Crippen LogP contribution is -2.19. The van der Waals surface area contributed by atoms with Gasteiger partial charge in [0.25, 0.3) is 0 Å². The van der Waals surface area contributed by atoms with Crippen LogP contribution in [-0.4, -0.2) is 24.9 Å². The molecule has 0 fully saturated rings. The molecule has 2 aromatic rings. The van der Waals surface area contributed by atoms with Crippen LogP contribution in [0, 0.1) is 0 Å². The summed E-state index contributed by atoms with van der Waals surface area (Å²) in [7, 11) is 1.96. The van der Waals surface area contributed by atoms with Crippen LogP contribution >= 0.6 is 0 Å². The number of nitrogens with one attached hydrogen (secondary N) is 1. The molecule has 0 saturated carbocycles. The first-order valence-corrected chi connectivity index (χ1v) is 7.61. The highest BCUT2D eigenvalue weighted by Gasteiger charge is 2.14. The van der Waals surface area contributed by atoms with Crippen LogP contribution in [-0.2, 0) is 0 Å². The molecule has 1 aromatic carbocycles. The molecule has 5 heteroatoms. The Morgan fingerprint density at radius 2 is 2.09 bits per heavy atom. The molecule has 0 amide bonds. The van der Waals surface area contributed by atoms with Crippen molar-refractivity contribution >= 4 is 6.08 Å². The number of benzene rings is 1. The van der Waals surface area contributed by atoms with Crippen LogP contribution in [0.3, 0.4) is 0 Å². The molecule has 2 heterocycles. The highest BCUT2D eigenvalue weighted by Crippen LogP contribution is 2.36. The normalized spacial score (nSPS) is 14.2. The summed E-state index contributed by atoms with van der Waals surface area (Å²) < 4.78 is 16.5. The first-order valence-electron chi connectivity index (χ1n) is 7.61. The van der Waals surface area contributed by atoms with Gasteiger partial charge in [-0.3, -0.25) is 4.98 Å². The van der Waals surface area contributed by atoms with E-state index in [1.807, 2.05) is 43.6 Å². The van der Waals surface area contributed by atoms with E-state index >= 15 is 0 Å². The van der Waals surface area contributed by atoms with Crippen molar-refractivity contribution in [1.29, 1.82) is 0 Å². The lowest BCUT2D eigenvalue weighted by Gasteiger charge is -2.07. The lowest BCUT2D eigenvalue weighted by atomic mass is 10.2. The van der Waals surface area contributed by atoms with E-state index in [2.05, 4.69) is 23.3 Å². The summed E-state index contributed by atoms with van der Waals surface area (Å²) >= 11 is 0. The molecule has 23 heavy (non-hydrogen) atoms. The van der Waals surface area contributed by atoms with E-state index < -0.39 is 0 Å². The second-order valence-electron chi connectivity index (χ2n) is 5.40. The summed E-state index contributed by atoms with van der Waals surface area (Å²) in [5, 5.41) is 3.20. The van der Waals surface area contributed by atoms with Crippen LogP contribution in [0.2, 0.25) is 0 Å². The molecule has 1 unspecified atom stereocenters. The van der Waals surface area contributed by atoms with E-state index in [1.165, 1.54) is 0 Å². The number of ether oxygens (including phenoxy) is 3. The molecule has 1 aliphatic heterocycles. The maximum atomic E-state index is 5.85. The smallest absolute Gasteiger partial charge is 0.231 e. The third-order valence-corrected chi connectivity index (χ3v) is 3.61. The standard InChI is InChI=1S/C18H20N2O3/c1-13(19-2)4-3-5-14-8-16(11-20-10-14)23-15-6-7-17-18(9-15)22-12-21-17/h3,5-11,13,19H,4,12H2,1-2H3/b5-3+. The summed E-state index contributed by atoms with van der Waals surface area (Å²) in [6.07, 6.45) is 8.64. The average Bonchev–Trinajstić information content (AvgIpc) is 3.03. The van der Waals surface area contributed by atoms with Crippen molar-refractivity contribution < 1.29 is 14.2 Å². The molecular formula is C18H20N2O3. The second kappa shape index (κ2) is 7.15. The Balaban J connectivity index is 1.68. The Morgan fingerprint density at radius 3 is 2.96 bits per heavy atom. The van der Waals surface area contributed by atoms with Gasteiger partial charge in [0.2, 0.25) is 6.79 Å². The van der Waals surface area contributed by atoms with Gasteiger partial charge < -0.3 is 19.5 Å². The Hall–Kier alpha value is -2.53. The van der Waals surface area contributed by atoms with Crippen LogP contribution < -0.4 is 19.5 Å². The Kier molecular flexibility index (Phi) is 4.78. The maximum Gasteiger partial charge on any atom is 0.231 e. The van der Waals surface area contributed by atoms with Crippen molar-refractivity contribution in [3.05, 3.63) is 48.3 Å². The fraction of sp³-hybridized carbons (Fsp3) is 0.278. The van der Waals surface area contributed by atoms with Gasteiger partial charge in [-0.05, 0) is 44.2 Å². The Labute approximate surface area is 135 Å². The van der Waals surface area contributed by atoms with Gasteiger partial charge in [-0.1, -0.05) is 12.2 Å². The third kappa shape index (κ3) is 4.02. The third-order valence-electron chi connectivity index (χ3n) is 3.61. The monoisotopic (exact) mass is 312 g/mol. The van der Waals surface area contributed by atoms with Crippen molar-refractivity contribution in [3.63, 3.8) is 0 Å². The van der Waals surface area contributed by atoms with Crippen molar-refractivity contribution in [2.45, 2.75) is 19.4 Å². The zero-order valence-electron chi connectivity index (χ0n) is 13.3. The highest BCUT2D eigenvalue weighted by atomic mass is 16.7. The molecule has 1 atom stereocenters. The molecule has 5 nitrogen and oxygen atoms in total. The molecule has 1 aliphatic rings. The van der Waals surface area contributed by atoms with Gasteiger partial charge in [0.15, 0.2) is 11.5 Å². The number of rotatable bonds is 6. The predicted molar refractivity (Wildman–Crippen MR) is 89.0 cm³/mol. The Bertz CT molecular complexity index is 700. The van der Waals surface area contributed by atoms with Crippen molar-refractivity contribution in [2.75, 3.05) is 13.8 Å². The van der Waals surface area contributed by atoms with Gasteiger partial charge in [0.1, 0.15) is 11.5 Å². The van der Waals surface area contributed by atoms with E-state index in [0.717, 1.165) is 17.7 Å². The number of hydrogen-bond donors (Lipinski definition) is 1. The van der Waals surface area contributed by atoms with Crippen molar-refractivity contribution in [2.24, 2.45) is 0 Å². The molecular weight excluding hydrogens is 292 g/mol. The maximum absolute atomic E-state index is 5.85. The highest BCUT2D eigenvalue weighted by molar-refractivity contribution is 5.51. The van der Waals surface area contributed by atoms with Crippen LogP contribution in [0.15, 0.2) is 42.7 Å². The van der Waals surface area contributed by atoms with Crippen LogP contribution in [0.1, 0.15) is 18.9 Å². The van der Waals surface area contributed by atoms with Crippen molar-refractivity contribution in [1.82, 2.24) is 10.3 Å².